The van der Waals surface area contributed by atoms with E-state index in [9.17, 15) is 13.2 Å². The van der Waals surface area contributed by atoms with Gasteiger partial charge < -0.3 is 9.64 Å². The maximum atomic E-state index is 12.0. The SMILES string of the molecule is CC(C)(C)OC(=O)N1CC(c2ncc(-c3ccc(S(C)(=O)=O)cc3Cl)cn2)C1. The van der Waals surface area contributed by atoms with Gasteiger partial charge in [-0.25, -0.2) is 23.2 Å². The normalized spacial score (nSPS) is 15.2. The quantitative estimate of drug-likeness (QED) is 0.750. The first kappa shape index (κ1) is 20.5. The molecule has 1 amide bonds. The van der Waals surface area contributed by atoms with Crippen molar-refractivity contribution in [2.45, 2.75) is 37.2 Å². The smallest absolute Gasteiger partial charge is 0.410 e. The Morgan fingerprint density at radius 2 is 1.82 bits per heavy atom. The van der Waals surface area contributed by atoms with Crippen LogP contribution in [0.1, 0.15) is 32.5 Å². The summed E-state index contributed by atoms with van der Waals surface area (Å²) in [6, 6.07) is 4.57. The number of halogens is 1. The first-order valence-electron chi connectivity index (χ1n) is 8.74. The van der Waals surface area contributed by atoms with Gasteiger partial charge in [-0.2, -0.15) is 0 Å². The van der Waals surface area contributed by atoms with Gasteiger partial charge >= 0.3 is 6.09 Å². The summed E-state index contributed by atoms with van der Waals surface area (Å²) < 4.78 is 28.6. The molecule has 7 nitrogen and oxygen atoms in total. The van der Waals surface area contributed by atoms with Crippen LogP contribution in [0.3, 0.4) is 0 Å². The third-order valence-corrected chi connectivity index (χ3v) is 5.67. The molecule has 1 saturated heterocycles. The van der Waals surface area contributed by atoms with Crippen LogP contribution < -0.4 is 0 Å². The Hall–Kier alpha value is -2.19. The molecule has 0 radical (unpaired) electrons. The predicted octanol–water partition coefficient (Wildman–Crippen LogP) is 3.53. The number of rotatable bonds is 3. The molecule has 1 aliphatic heterocycles. The minimum Gasteiger partial charge on any atom is -0.444 e. The molecule has 28 heavy (non-hydrogen) atoms. The largest absolute Gasteiger partial charge is 0.444 e. The summed E-state index contributed by atoms with van der Waals surface area (Å²) in [6.07, 6.45) is 4.10. The second-order valence-corrected chi connectivity index (χ2v) is 10.2. The van der Waals surface area contributed by atoms with Gasteiger partial charge in [-0.3, -0.25) is 0 Å². The number of hydrogen-bond acceptors (Lipinski definition) is 6. The average Bonchev–Trinajstić information content (AvgIpc) is 2.51. The predicted molar refractivity (Wildman–Crippen MR) is 106 cm³/mol. The minimum atomic E-state index is -3.32. The van der Waals surface area contributed by atoms with Crippen molar-refractivity contribution in [2.24, 2.45) is 0 Å². The van der Waals surface area contributed by atoms with Crippen molar-refractivity contribution in [1.29, 1.82) is 0 Å². The maximum Gasteiger partial charge on any atom is 0.410 e. The van der Waals surface area contributed by atoms with E-state index >= 15 is 0 Å². The summed E-state index contributed by atoms with van der Waals surface area (Å²) in [7, 11) is -3.32. The molecule has 0 atom stereocenters. The number of likely N-dealkylation sites (tertiary alicyclic amines) is 1. The summed E-state index contributed by atoms with van der Waals surface area (Å²) in [5, 5.41) is 0.319. The van der Waals surface area contributed by atoms with Crippen LogP contribution in [0.4, 0.5) is 4.79 Å². The molecular weight excluding hydrogens is 402 g/mol. The molecule has 2 aromatic rings. The maximum absolute atomic E-state index is 12.0. The molecule has 0 aliphatic carbocycles. The van der Waals surface area contributed by atoms with E-state index in [1.807, 2.05) is 20.8 Å². The Balaban J connectivity index is 1.68. The van der Waals surface area contributed by atoms with Crippen molar-refractivity contribution in [3.05, 3.63) is 41.4 Å². The van der Waals surface area contributed by atoms with Crippen molar-refractivity contribution >= 4 is 27.5 Å². The zero-order valence-electron chi connectivity index (χ0n) is 16.1. The number of amides is 1. The molecule has 2 heterocycles. The third kappa shape index (κ3) is 4.62. The molecule has 1 fully saturated rings. The van der Waals surface area contributed by atoms with E-state index in [1.54, 1.807) is 23.4 Å². The van der Waals surface area contributed by atoms with E-state index in [-0.39, 0.29) is 16.9 Å². The lowest BCUT2D eigenvalue weighted by molar-refractivity contribution is 0.00752. The van der Waals surface area contributed by atoms with Gasteiger partial charge in [0.15, 0.2) is 9.84 Å². The molecule has 0 saturated carbocycles. The highest BCUT2D eigenvalue weighted by Gasteiger charge is 2.36. The lowest BCUT2D eigenvalue weighted by Gasteiger charge is -2.38. The first-order chi connectivity index (χ1) is 12.9. The van der Waals surface area contributed by atoms with Crippen LogP contribution in [0.25, 0.3) is 11.1 Å². The number of carbonyl (C=O) groups is 1. The van der Waals surface area contributed by atoms with Gasteiger partial charge in [0.25, 0.3) is 0 Å². The second kappa shape index (κ2) is 7.33. The number of carbonyl (C=O) groups excluding carboxylic acids is 1. The molecule has 1 aromatic heterocycles. The average molecular weight is 424 g/mol. The number of benzene rings is 1. The molecule has 1 aromatic carbocycles. The number of hydrogen-bond donors (Lipinski definition) is 0. The van der Waals surface area contributed by atoms with Crippen molar-refractivity contribution in [3.8, 4) is 11.1 Å². The molecule has 9 heteroatoms. The third-order valence-electron chi connectivity index (χ3n) is 4.25. The van der Waals surface area contributed by atoms with Crippen molar-refractivity contribution in [3.63, 3.8) is 0 Å². The van der Waals surface area contributed by atoms with Crippen LogP contribution in [0.2, 0.25) is 5.02 Å². The topological polar surface area (TPSA) is 89.5 Å². The standard InChI is InChI=1S/C19H22ClN3O4S/c1-19(2,3)27-18(24)23-10-13(11-23)17-21-8-12(9-22-17)15-6-5-14(7-16(15)20)28(4,25)26/h5-9,13H,10-11H2,1-4H3. The minimum absolute atomic E-state index is 0.0599. The van der Waals surface area contributed by atoms with E-state index in [1.165, 1.54) is 12.1 Å². The van der Waals surface area contributed by atoms with Gasteiger partial charge in [-0.15, -0.1) is 0 Å². The van der Waals surface area contributed by atoms with Crippen LogP contribution in [-0.2, 0) is 14.6 Å². The van der Waals surface area contributed by atoms with Gasteiger partial charge in [0.1, 0.15) is 11.4 Å². The molecule has 150 valence electrons. The van der Waals surface area contributed by atoms with Crippen LogP contribution in [0, 0.1) is 0 Å². The van der Waals surface area contributed by atoms with Crippen molar-refractivity contribution in [1.82, 2.24) is 14.9 Å². The molecule has 0 N–H and O–H groups in total. The van der Waals surface area contributed by atoms with Gasteiger partial charge in [0, 0.05) is 47.9 Å². The number of ether oxygens (including phenoxy) is 1. The van der Waals surface area contributed by atoms with Gasteiger partial charge in [0.2, 0.25) is 0 Å². The van der Waals surface area contributed by atoms with E-state index in [0.29, 0.717) is 35.1 Å². The number of nitrogens with zero attached hydrogens (tertiary/aromatic N) is 3. The van der Waals surface area contributed by atoms with Crippen LogP contribution in [-0.4, -0.2) is 54.3 Å². The van der Waals surface area contributed by atoms with Crippen LogP contribution >= 0.6 is 11.6 Å². The fourth-order valence-electron chi connectivity index (χ4n) is 2.77. The lowest BCUT2D eigenvalue weighted by atomic mass is 9.99. The van der Waals surface area contributed by atoms with Crippen molar-refractivity contribution in [2.75, 3.05) is 19.3 Å². The monoisotopic (exact) mass is 423 g/mol. The Bertz CT molecular complexity index is 995. The molecule has 3 rings (SSSR count). The van der Waals surface area contributed by atoms with Gasteiger partial charge in [-0.05, 0) is 32.9 Å². The summed E-state index contributed by atoms with van der Waals surface area (Å²) in [6.45, 7) is 6.52. The molecule has 0 spiro atoms. The van der Waals surface area contributed by atoms with E-state index in [2.05, 4.69) is 9.97 Å². The summed E-state index contributed by atoms with van der Waals surface area (Å²) in [5.74, 6) is 0.706. The lowest BCUT2D eigenvalue weighted by Crippen LogP contribution is -2.50. The Morgan fingerprint density at radius 3 is 2.32 bits per heavy atom. The Labute approximate surface area is 169 Å². The van der Waals surface area contributed by atoms with Crippen LogP contribution in [0.15, 0.2) is 35.5 Å². The van der Waals surface area contributed by atoms with Crippen LogP contribution in [0.5, 0.6) is 0 Å². The zero-order chi connectivity index (χ0) is 20.7. The summed E-state index contributed by atoms with van der Waals surface area (Å²) in [4.78, 5) is 22.6. The molecule has 1 aliphatic rings. The Morgan fingerprint density at radius 1 is 1.21 bits per heavy atom. The Kier molecular flexibility index (Phi) is 5.38. The highest BCUT2D eigenvalue weighted by molar-refractivity contribution is 7.90. The fourth-order valence-corrected chi connectivity index (χ4v) is 3.77. The number of aromatic nitrogens is 2. The highest BCUT2D eigenvalue weighted by atomic mass is 35.5. The molecule has 0 unspecified atom stereocenters. The molecular formula is C19H22ClN3O4S. The first-order valence-corrected chi connectivity index (χ1v) is 11.0. The summed E-state index contributed by atoms with van der Waals surface area (Å²) in [5.41, 5.74) is 0.827. The molecule has 0 bridgehead atoms. The fraction of sp³-hybridized carbons (Fsp3) is 0.421. The van der Waals surface area contributed by atoms with Crippen molar-refractivity contribution < 1.29 is 17.9 Å². The summed E-state index contributed by atoms with van der Waals surface area (Å²) >= 11 is 6.24. The number of sulfone groups is 1. The van der Waals surface area contributed by atoms with Gasteiger partial charge in [0.05, 0.1) is 10.8 Å². The van der Waals surface area contributed by atoms with E-state index < -0.39 is 15.4 Å². The zero-order valence-corrected chi connectivity index (χ0v) is 17.7. The highest BCUT2D eigenvalue weighted by Crippen LogP contribution is 2.31. The van der Waals surface area contributed by atoms with E-state index in [4.69, 9.17) is 16.3 Å². The second-order valence-electron chi connectivity index (χ2n) is 7.83. The van der Waals surface area contributed by atoms with E-state index in [0.717, 1.165) is 6.26 Å². The van der Waals surface area contributed by atoms with Gasteiger partial charge in [-0.1, -0.05) is 17.7 Å².